The zero-order valence-electron chi connectivity index (χ0n) is 14.5. The second-order valence-electron chi connectivity index (χ2n) is 5.92. The van der Waals surface area contributed by atoms with Crippen molar-refractivity contribution in [2.75, 3.05) is 24.3 Å². The van der Waals surface area contributed by atoms with Crippen LogP contribution in [-0.4, -0.2) is 36.4 Å². The summed E-state index contributed by atoms with van der Waals surface area (Å²) in [5.74, 6) is -1.88. The van der Waals surface area contributed by atoms with E-state index in [1.165, 1.54) is 13.0 Å². The summed E-state index contributed by atoms with van der Waals surface area (Å²) >= 11 is 0. The first kappa shape index (κ1) is 21.5. The zero-order chi connectivity index (χ0) is 19.8. The Morgan fingerprint density at radius 1 is 1.36 bits per heavy atom. The third-order valence-corrected chi connectivity index (χ3v) is 3.94. The van der Waals surface area contributed by atoms with Gasteiger partial charge in [0.25, 0.3) is 12.3 Å². The Kier molecular flexibility index (Phi) is 6.20. The highest BCUT2D eigenvalue weighted by Gasteiger charge is 2.46. The highest BCUT2D eigenvalue weighted by atomic mass is 35.5. The van der Waals surface area contributed by atoms with Gasteiger partial charge in [-0.3, -0.25) is 9.79 Å². The van der Waals surface area contributed by atoms with Gasteiger partial charge in [0.05, 0.1) is 6.61 Å². The maximum atomic E-state index is 14.4. The van der Waals surface area contributed by atoms with Crippen LogP contribution >= 0.6 is 12.4 Å². The number of halogens is 4. The number of aliphatic imine (C=N–C) groups is 1. The predicted octanol–water partition coefficient (Wildman–Crippen LogP) is 2.23. The monoisotopic (exact) mass is 419 g/mol. The second-order valence-corrected chi connectivity index (χ2v) is 5.92. The van der Waals surface area contributed by atoms with Gasteiger partial charge in [0.2, 0.25) is 5.88 Å². The molecule has 0 saturated carbocycles. The maximum absolute atomic E-state index is 14.4. The summed E-state index contributed by atoms with van der Waals surface area (Å²) in [7, 11) is 0. The van der Waals surface area contributed by atoms with E-state index in [4.69, 9.17) is 20.6 Å². The van der Waals surface area contributed by atoms with Crippen LogP contribution in [0.4, 0.5) is 24.7 Å². The number of nitrogens with zero attached hydrogens (tertiary/aromatic N) is 2. The summed E-state index contributed by atoms with van der Waals surface area (Å²) in [4.78, 5) is 19.9. The molecule has 1 aliphatic rings. The SMILES string of the molecule is Cc1nc(C(=O)Nc2ccc(F)c([C@]3(C(F)F)COCC(N)=N3)c2)c(N)o1.Cl. The molecule has 0 unspecified atom stereocenters. The van der Waals surface area contributed by atoms with Gasteiger partial charge in [0.15, 0.2) is 17.1 Å². The number of oxazole rings is 1. The van der Waals surface area contributed by atoms with Crippen molar-refractivity contribution in [3.05, 3.63) is 41.2 Å². The Bertz CT molecular complexity index is 921. The molecule has 2 aromatic rings. The summed E-state index contributed by atoms with van der Waals surface area (Å²) in [6, 6.07) is 3.19. The number of nitrogens with one attached hydrogen (secondary N) is 1. The molecule has 0 aliphatic carbocycles. The predicted molar refractivity (Wildman–Crippen MR) is 97.4 cm³/mol. The summed E-state index contributed by atoms with van der Waals surface area (Å²) < 4.78 is 52.0. The number of aryl methyl sites for hydroxylation is 1. The first-order chi connectivity index (χ1) is 12.7. The molecule has 8 nitrogen and oxygen atoms in total. The summed E-state index contributed by atoms with van der Waals surface area (Å²) in [5, 5.41) is 2.41. The van der Waals surface area contributed by atoms with Gasteiger partial charge in [-0.05, 0) is 18.2 Å². The number of carbonyl (C=O) groups is 1. The molecule has 0 saturated heterocycles. The lowest BCUT2D eigenvalue weighted by Gasteiger charge is -2.33. The average molecular weight is 420 g/mol. The van der Waals surface area contributed by atoms with Crippen LogP contribution in [0.25, 0.3) is 0 Å². The van der Waals surface area contributed by atoms with Gasteiger partial charge in [0.1, 0.15) is 18.3 Å². The Balaban J connectivity index is 0.00000280. The Morgan fingerprint density at radius 2 is 2.07 bits per heavy atom. The van der Waals surface area contributed by atoms with Crippen LogP contribution in [0.3, 0.4) is 0 Å². The van der Waals surface area contributed by atoms with E-state index in [1.54, 1.807) is 0 Å². The normalized spacial score (nSPS) is 19.1. The molecule has 0 fully saturated rings. The van der Waals surface area contributed by atoms with E-state index in [1.807, 2.05) is 0 Å². The van der Waals surface area contributed by atoms with Crippen molar-refractivity contribution in [1.29, 1.82) is 0 Å². The lowest BCUT2D eigenvalue weighted by Crippen LogP contribution is -2.45. The minimum absolute atomic E-state index is 0. The molecule has 28 heavy (non-hydrogen) atoms. The third-order valence-electron chi connectivity index (χ3n) is 3.94. The number of alkyl halides is 2. The average Bonchev–Trinajstić information content (AvgIpc) is 2.94. The van der Waals surface area contributed by atoms with E-state index in [9.17, 15) is 18.0 Å². The molecule has 1 aliphatic heterocycles. The van der Waals surface area contributed by atoms with Gasteiger partial charge in [-0.1, -0.05) is 0 Å². The Hall–Kier alpha value is -2.79. The molecule has 1 aromatic carbocycles. The van der Waals surface area contributed by atoms with E-state index >= 15 is 0 Å². The van der Waals surface area contributed by atoms with Crippen LogP contribution in [0.1, 0.15) is 21.9 Å². The van der Waals surface area contributed by atoms with Crippen molar-refractivity contribution in [3.63, 3.8) is 0 Å². The fraction of sp³-hybridized carbons (Fsp3) is 0.312. The number of hydrogen-bond acceptors (Lipinski definition) is 7. The number of carbonyl (C=O) groups excluding carboxylic acids is 1. The number of hydrogen-bond donors (Lipinski definition) is 3. The number of rotatable bonds is 4. The van der Waals surface area contributed by atoms with Gasteiger partial charge >= 0.3 is 0 Å². The number of ether oxygens (including phenoxy) is 1. The van der Waals surface area contributed by atoms with Crippen molar-refractivity contribution < 1.29 is 27.1 Å². The van der Waals surface area contributed by atoms with Crippen molar-refractivity contribution in [1.82, 2.24) is 4.98 Å². The van der Waals surface area contributed by atoms with Gasteiger partial charge < -0.3 is 25.9 Å². The topological polar surface area (TPSA) is 129 Å². The van der Waals surface area contributed by atoms with Crippen LogP contribution in [0.5, 0.6) is 0 Å². The molecule has 3 rings (SSSR count). The third kappa shape index (κ3) is 3.90. The van der Waals surface area contributed by atoms with E-state index in [0.29, 0.717) is 0 Å². The van der Waals surface area contributed by atoms with Crippen LogP contribution in [0, 0.1) is 12.7 Å². The smallest absolute Gasteiger partial charge is 0.279 e. The lowest BCUT2D eigenvalue weighted by atomic mass is 9.90. The number of nitrogen functional groups attached to an aromatic ring is 1. The lowest BCUT2D eigenvalue weighted by molar-refractivity contribution is -0.0145. The number of benzene rings is 1. The Labute approximate surface area is 163 Å². The summed E-state index contributed by atoms with van der Waals surface area (Å²) in [6.45, 7) is 0.813. The van der Waals surface area contributed by atoms with E-state index < -0.39 is 35.9 Å². The van der Waals surface area contributed by atoms with Crippen molar-refractivity contribution in [3.8, 4) is 0 Å². The number of aromatic nitrogens is 1. The summed E-state index contributed by atoms with van der Waals surface area (Å²) in [5.41, 5.74) is 8.16. The molecule has 1 atom stereocenters. The number of amidine groups is 1. The van der Waals surface area contributed by atoms with Crippen LogP contribution in [-0.2, 0) is 10.3 Å². The van der Waals surface area contributed by atoms with E-state index in [-0.39, 0.29) is 48.0 Å². The molecule has 0 radical (unpaired) electrons. The van der Waals surface area contributed by atoms with Gasteiger partial charge in [-0.15, -0.1) is 12.4 Å². The molecule has 1 aromatic heterocycles. The van der Waals surface area contributed by atoms with E-state index in [2.05, 4.69) is 15.3 Å². The zero-order valence-corrected chi connectivity index (χ0v) is 15.4. The quantitative estimate of drug-likeness (QED) is 0.697. The molecular weight excluding hydrogens is 403 g/mol. The molecule has 2 heterocycles. The highest BCUT2D eigenvalue weighted by molar-refractivity contribution is 6.05. The number of nitrogens with two attached hydrogens (primary N) is 2. The molecular formula is C16H17ClF3N5O3. The van der Waals surface area contributed by atoms with Gasteiger partial charge in [0, 0.05) is 18.2 Å². The van der Waals surface area contributed by atoms with E-state index in [0.717, 1.165) is 12.1 Å². The summed E-state index contributed by atoms with van der Waals surface area (Å²) in [6.07, 6.45) is -3.09. The molecule has 0 bridgehead atoms. The highest BCUT2D eigenvalue weighted by Crippen LogP contribution is 2.38. The Morgan fingerprint density at radius 3 is 2.64 bits per heavy atom. The number of amides is 1. The second kappa shape index (κ2) is 8.07. The fourth-order valence-electron chi connectivity index (χ4n) is 2.73. The molecule has 1 amide bonds. The fourth-order valence-corrected chi connectivity index (χ4v) is 2.73. The largest absolute Gasteiger partial charge is 0.425 e. The minimum atomic E-state index is -3.09. The van der Waals surface area contributed by atoms with Crippen LogP contribution in [0.2, 0.25) is 0 Å². The van der Waals surface area contributed by atoms with Crippen LogP contribution in [0.15, 0.2) is 27.6 Å². The van der Waals surface area contributed by atoms with Gasteiger partial charge in [-0.2, -0.15) is 0 Å². The number of anilines is 2. The van der Waals surface area contributed by atoms with Crippen molar-refractivity contribution in [2.45, 2.75) is 18.9 Å². The van der Waals surface area contributed by atoms with Crippen LogP contribution < -0.4 is 16.8 Å². The molecule has 0 spiro atoms. The first-order valence-corrected chi connectivity index (χ1v) is 7.77. The maximum Gasteiger partial charge on any atom is 0.279 e. The minimum Gasteiger partial charge on any atom is -0.425 e. The van der Waals surface area contributed by atoms with Crippen molar-refractivity contribution >= 4 is 35.7 Å². The molecule has 12 heteroatoms. The van der Waals surface area contributed by atoms with Crippen molar-refractivity contribution in [2.24, 2.45) is 10.7 Å². The first-order valence-electron chi connectivity index (χ1n) is 7.77. The van der Waals surface area contributed by atoms with Gasteiger partial charge in [-0.25, -0.2) is 18.2 Å². The molecule has 152 valence electrons. The molecule has 5 N–H and O–H groups in total. The standard InChI is InChI=1S/C16H16F3N5O3.ClH/c1-7-22-12(13(21)27-7)14(25)23-8-2-3-10(17)9(4-8)16(15(18)19)6-26-5-11(20)24-16;/h2-4,15H,5-6,21H2,1H3,(H2,20,24)(H,23,25);1H/t16-;/m0./s1.